The molecule has 298 valence electrons. The maximum absolute atomic E-state index is 7.14. The molecule has 0 unspecified atom stereocenters. The molecule has 0 bridgehead atoms. The molecule has 4 aliphatic carbocycles. The Kier molecular flexibility index (Phi) is 12.8. The van der Waals surface area contributed by atoms with Gasteiger partial charge in [0.2, 0.25) is 0 Å². The van der Waals surface area contributed by atoms with Crippen LogP contribution in [0.2, 0.25) is 54.4 Å². The van der Waals surface area contributed by atoms with Gasteiger partial charge >= 0.3 is 0 Å². The van der Waals surface area contributed by atoms with Gasteiger partial charge in [-0.25, -0.2) is 0 Å². The molecule has 6 heteroatoms. The molecular weight excluding hydrogens is 685 g/mol. The van der Waals surface area contributed by atoms with Crippen LogP contribution in [-0.4, -0.2) is 43.3 Å². The second-order valence-electron chi connectivity index (χ2n) is 23.1. The summed E-state index contributed by atoms with van der Waals surface area (Å²) in [6.07, 6.45) is 21.5. The van der Waals surface area contributed by atoms with Gasteiger partial charge in [0, 0.05) is 6.42 Å². The average molecular weight is 769 g/mol. The lowest BCUT2D eigenvalue weighted by Gasteiger charge is -2.45. The quantitative estimate of drug-likeness (QED) is 0.155. The molecule has 0 N–H and O–H groups in total. The Labute approximate surface area is 326 Å². The zero-order valence-corrected chi connectivity index (χ0v) is 40.6. The second kappa shape index (κ2) is 15.1. The molecule has 0 saturated heterocycles. The molecule has 0 aromatic heterocycles. The third kappa shape index (κ3) is 9.53. The summed E-state index contributed by atoms with van der Waals surface area (Å²) in [5, 5.41) is 0.553. The van der Waals surface area contributed by atoms with E-state index in [9.17, 15) is 0 Å². The van der Waals surface area contributed by atoms with Gasteiger partial charge in [0.15, 0.2) is 25.0 Å². The van der Waals surface area contributed by atoms with E-state index in [4.69, 9.17) is 19.9 Å². The van der Waals surface area contributed by atoms with Gasteiger partial charge in [-0.2, -0.15) is 0 Å². The van der Waals surface area contributed by atoms with Gasteiger partial charge in [0.1, 0.15) is 0 Å². The topological polar surface area (TPSA) is 27.7 Å². The maximum atomic E-state index is 7.14. The largest absolute Gasteiger partial charge is 0.413 e. The Bertz CT molecular complexity index is 1380. The fourth-order valence-electron chi connectivity index (χ4n) is 8.71. The summed E-state index contributed by atoms with van der Waals surface area (Å²) in [4.78, 5) is 0. The summed E-state index contributed by atoms with van der Waals surface area (Å²) < 4.78 is 21.4. The first-order chi connectivity index (χ1) is 23.4. The first-order valence-electron chi connectivity index (χ1n) is 21.2. The highest BCUT2D eigenvalue weighted by molar-refractivity contribution is 6.75. The number of allylic oxidation sites excluding steroid dienone is 4. The van der Waals surface area contributed by atoms with Crippen molar-refractivity contribution in [2.24, 2.45) is 28.6 Å². The van der Waals surface area contributed by atoms with Gasteiger partial charge < -0.3 is 13.3 Å². The van der Waals surface area contributed by atoms with Crippen LogP contribution >= 0.6 is 0 Å². The van der Waals surface area contributed by atoms with Crippen LogP contribution < -0.4 is 0 Å². The molecular formula is C46H84O3Si3. The van der Waals surface area contributed by atoms with Crippen molar-refractivity contribution in [3.63, 3.8) is 0 Å². The van der Waals surface area contributed by atoms with E-state index < -0.39 is 25.0 Å². The molecule has 3 nitrogen and oxygen atoms in total. The number of rotatable bonds is 11. The maximum Gasteiger partial charge on any atom is 0.192 e. The third-order valence-corrected chi connectivity index (χ3v) is 29.4. The minimum atomic E-state index is -1.99. The molecule has 4 fully saturated rings. The van der Waals surface area contributed by atoms with Gasteiger partial charge in [0.05, 0.1) is 18.3 Å². The summed E-state index contributed by atoms with van der Waals surface area (Å²) >= 11 is 0. The summed E-state index contributed by atoms with van der Waals surface area (Å²) in [6.45, 7) is 47.9. The van der Waals surface area contributed by atoms with Crippen LogP contribution in [0.3, 0.4) is 0 Å². The van der Waals surface area contributed by atoms with E-state index in [0.29, 0.717) is 28.6 Å². The minimum Gasteiger partial charge on any atom is -0.413 e. The van der Waals surface area contributed by atoms with Crippen molar-refractivity contribution in [3.05, 3.63) is 47.6 Å². The van der Waals surface area contributed by atoms with Crippen molar-refractivity contribution in [2.75, 3.05) is 0 Å². The van der Waals surface area contributed by atoms with Crippen LogP contribution in [-0.2, 0) is 13.3 Å². The smallest absolute Gasteiger partial charge is 0.192 e. The van der Waals surface area contributed by atoms with Crippen LogP contribution in [0, 0.1) is 28.6 Å². The molecule has 4 aliphatic rings. The minimum absolute atomic E-state index is 0.0246. The zero-order chi connectivity index (χ0) is 39.5. The number of fused-ring (bicyclic) bond motifs is 1. The molecule has 0 radical (unpaired) electrons. The Balaban J connectivity index is 1.57. The molecule has 0 aromatic rings. The van der Waals surface area contributed by atoms with Crippen LogP contribution in [0.4, 0.5) is 0 Å². The first-order valence-corrected chi connectivity index (χ1v) is 30.0. The molecule has 4 saturated carbocycles. The van der Waals surface area contributed by atoms with E-state index in [1.807, 2.05) is 0 Å². The lowest BCUT2D eigenvalue weighted by Crippen LogP contribution is -2.49. The van der Waals surface area contributed by atoms with Crippen LogP contribution in [0.25, 0.3) is 0 Å². The van der Waals surface area contributed by atoms with E-state index >= 15 is 0 Å². The predicted octanol–water partition coefficient (Wildman–Crippen LogP) is 14.6. The van der Waals surface area contributed by atoms with Crippen molar-refractivity contribution >= 4 is 25.0 Å². The molecule has 0 amide bonds. The molecule has 0 aromatic carbocycles. The first kappa shape index (κ1) is 44.2. The monoisotopic (exact) mass is 769 g/mol. The van der Waals surface area contributed by atoms with Gasteiger partial charge in [-0.15, -0.1) is 0 Å². The van der Waals surface area contributed by atoms with Crippen molar-refractivity contribution in [1.82, 2.24) is 0 Å². The van der Waals surface area contributed by atoms with E-state index in [2.05, 4.69) is 147 Å². The van der Waals surface area contributed by atoms with E-state index in [0.717, 1.165) is 12.8 Å². The van der Waals surface area contributed by atoms with Crippen molar-refractivity contribution in [3.8, 4) is 0 Å². The summed E-state index contributed by atoms with van der Waals surface area (Å²) in [7, 11) is -5.78. The standard InChI is InChI=1S/C46H84O3Si3/c1-33(22-27-41(45(12)29-30-45)49-52(18,19)44(9,10)11)38-25-26-39-35(21-20-28-46(38,39)13)23-24-36-31-37(47-50(14,15)42(3,4)5)32-40(34(36)2)48-51(16,17)43(6,7)8/h22-24,27,33,37-41H,2,20-21,25-26,28-32H2,1,3-19H3/b27-22+,35-23+,36-24-/t33-,37-,38-,39+,40+,41-,46-/m1/s1. The van der Waals surface area contributed by atoms with Gasteiger partial charge in [-0.1, -0.05) is 120 Å². The predicted molar refractivity (Wildman–Crippen MR) is 235 cm³/mol. The van der Waals surface area contributed by atoms with E-state index in [1.54, 1.807) is 5.57 Å². The second-order valence-corrected chi connectivity index (χ2v) is 37.3. The lowest BCUT2D eigenvalue weighted by molar-refractivity contribution is 0.0969. The highest BCUT2D eigenvalue weighted by atomic mass is 28.4. The van der Waals surface area contributed by atoms with Crippen molar-refractivity contribution < 1.29 is 13.3 Å². The van der Waals surface area contributed by atoms with E-state index in [-0.39, 0.29) is 33.4 Å². The molecule has 0 aliphatic heterocycles. The normalized spacial score (nSPS) is 32.1. The zero-order valence-electron chi connectivity index (χ0n) is 37.6. The SMILES string of the molecule is C=C1/C(=C\C=C2/CCC[C@]3(C)[C@@H]([C@H](C)/C=C/[C@@H](O[Si](C)(C)C(C)(C)C)C4(C)CC4)CC[C@@H]23)C[C@@H](O[Si](C)(C)C(C)(C)C)C[C@@H]1O[Si](C)(C)C(C)(C)C. The van der Waals surface area contributed by atoms with Gasteiger partial charge in [0.25, 0.3) is 0 Å². The number of hydrogen-bond acceptors (Lipinski definition) is 3. The molecule has 0 spiro atoms. The lowest BCUT2D eigenvalue weighted by atomic mass is 9.61. The average Bonchev–Trinajstić information content (AvgIpc) is 3.62. The van der Waals surface area contributed by atoms with Gasteiger partial charge in [-0.3, -0.25) is 0 Å². The highest BCUT2D eigenvalue weighted by Gasteiger charge is 2.52. The van der Waals surface area contributed by atoms with Crippen LogP contribution in [0.5, 0.6) is 0 Å². The molecule has 7 atom stereocenters. The van der Waals surface area contributed by atoms with Crippen molar-refractivity contribution in [2.45, 2.75) is 214 Å². The molecule has 0 heterocycles. The summed E-state index contributed by atoms with van der Waals surface area (Å²) in [5.74, 6) is 1.93. The Hall–Kier alpha value is -0.509. The molecule has 52 heavy (non-hydrogen) atoms. The van der Waals surface area contributed by atoms with Crippen molar-refractivity contribution in [1.29, 1.82) is 0 Å². The summed E-state index contributed by atoms with van der Waals surface area (Å²) in [5.41, 5.74) is 4.88. The Morgan fingerprint density at radius 2 is 1.31 bits per heavy atom. The van der Waals surface area contributed by atoms with E-state index in [1.165, 1.54) is 56.1 Å². The van der Waals surface area contributed by atoms with Crippen LogP contribution in [0.1, 0.15) is 141 Å². The summed E-state index contributed by atoms with van der Waals surface area (Å²) in [6, 6.07) is 0. The third-order valence-electron chi connectivity index (χ3n) is 16.0. The fourth-order valence-corrected chi connectivity index (χ4v) is 12.7. The highest BCUT2D eigenvalue weighted by Crippen LogP contribution is 2.60. The fraction of sp³-hybridized carbons (Fsp3) is 0.826. The van der Waals surface area contributed by atoms with Crippen LogP contribution in [0.15, 0.2) is 47.6 Å². The Morgan fingerprint density at radius 3 is 1.85 bits per heavy atom. The number of hydrogen-bond donors (Lipinski definition) is 0. The van der Waals surface area contributed by atoms with Gasteiger partial charge in [-0.05, 0) is 145 Å². The Morgan fingerprint density at radius 1 is 0.750 bits per heavy atom. The molecule has 4 rings (SSSR count).